The summed E-state index contributed by atoms with van der Waals surface area (Å²) in [6.45, 7) is -0.0332. The van der Waals surface area contributed by atoms with Gasteiger partial charge in [-0.1, -0.05) is 0 Å². The zero-order valence-corrected chi connectivity index (χ0v) is 6.88. The first kappa shape index (κ1) is 10.6. The Morgan fingerprint density at radius 1 is 1.50 bits per heavy atom. The molecule has 0 aliphatic carbocycles. The SMILES string of the molecule is NCc1cc(OC(F)(F)F)c(O)cn1. The van der Waals surface area contributed by atoms with Gasteiger partial charge in [-0.05, 0) is 0 Å². The van der Waals surface area contributed by atoms with E-state index >= 15 is 0 Å². The molecule has 0 aromatic carbocycles. The Labute approximate surface area is 77.1 Å². The lowest BCUT2D eigenvalue weighted by Gasteiger charge is -2.10. The van der Waals surface area contributed by atoms with Gasteiger partial charge in [0.15, 0.2) is 11.5 Å². The Bertz CT molecular complexity index is 327. The van der Waals surface area contributed by atoms with Crippen LogP contribution in [-0.2, 0) is 6.54 Å². The highest BCUT2D eigenvalue weighted by Crippen LogP contribution is 2.30. The Morgan fingerprint density at radius 3 is 2.64 bits per heavy atom. The molecule has 0 unspecified atom stereocenters. The molecule has 3 N–H and O–H groups in total. The lowest BCUT2D eigenvalue weighted by atomic mass is 10.3. The Morgan fingerprint density at radius 2 is 2.14 bits per heavy atom. The van der Waals surface area contributed by atoms with Crippen molar-refractivity contribution in [1.29, 1.82) is 0 Å². The molecule has 0 atom stereocenters. The maximum atomic E-state index is 11.8. The quantitative estimate of drug-likeness (QED) is 0.764. The molecule has 78 valence electrons. The second-order valence-corrected chi connectivity index (χ2v) is 2.40. The number of nitrogens with two attached hydrogens (primary N) is 1. The standard InChI is InChI=1S/C7H7F3N2O2/c8-7(9,10)14-6-1-4(2-11)12-3-5(6)13/h1,3,13H,2,11H2. The van der Waals surface area contributed by atoms with E-state index in [4.69, 9.17) is 10.8 Å². The van der Waals surface area contributed by atoms with Crippen molar-refractivity contribution in [2.75, 3.05) is 0 Å². The van der Waals surface area contributed by atoms with Gasteiger partial charge in [0.25, 0.3) is 0 Å². The number of hydrogen-bond donors (Lipinski definition) is 2. The molecule has 4 nitrogen and oxygen atoms in total. The smallest absolute Gasteiger partial charge is 0.503 e. The third-order valence-electron chi connectivity index (χ3n) is 1.34. The van der Waals surface area contributed by atoms with Crippen LogP contribution in [0.25, 0.3) is 0 Å². The molecule has 1 heterocycles. The summed E-state index contributed by atoms with van der Waals surface area (Å²) in [7, 11) is 0. The first-order valence-corrected chi connectivity index (χ1v) is 3.56. The molecule has 1 rings (SSSR count). The Balaban J connectivity index is 2.95. The number of aromatic hydroxyl groups is 1. The summed E-state index contributed by atoms with van der Waals surface area (Å²) in [5, 5.41) is 8.97. The van der Waals surface area contributed by atoms with Crippen LogP contribution >= 0.6 is 0 Å². The largest absolute Gasteiger partial charge is 0.573 e. The van der Waals surface area contributed by atoms with Gasteiger partial charge in [-0.25, -0.2) is 0 Å². The highest BCUT2D eigenvalue weighted by molar-refractivity contribution is 5.37. The van der Waals surface area contributed by atoms with Gasteiger partial charge in [-0.3, -0.25) is 4.98 Å². The van der Waals surface area contributed by atoms with Crippen molar-refractivity contribution in [2.24, 2.45) is 5.73 Å². The van der Waals surface area contributed by atoms with E-state index in [1.807, 2.05) is 0 Å². The van der Waals surface area contributed by atoms with E-state index in [1.54, 1.807) is 0 Å². The van der Waals surface area contributed by atoms with Crippen LogP contribution in [0.3, 0.4) is 0 Å². The van der Waals surface area contributed by atoms with Gasteiger partial charge in [0, 0.05) is 12.6 Å². The summed E-state index contributed by atoms with van der Waals surface area (Å²) in [5.41, 5.74) is 5.35. The molecular weight excluding hydrogens is 201 g/mol. The molecule has 0 fully saturated rings. The maximum absolute atomic E-state index is 11.8. The predicted octanol–water partition coefficient (Wildman–Crippen LogP) is 1.14. The molecule has 0 radical (unpaired) electrons. The average molecular weight is 208 g/mol. The van der Waals surface area contributed by atoms with E-state index in [0.29, 0.717) is 0 Å². The Hall–Kier alpha value is -1.50. The second-order valence-electron chi connectivity index (χ2n) is 2.40. The molecule has 0 spiro atoms. The van der Waals surface area contributed by atoms with E-state index in [0.717, 1.165) is 12.3 Å². The zero-order chi connectivity index (χ0) is 10.8. The molecular formula is C7H7F3N2O2. The molecule has 0 aliphatic heterocycles. The van der Waals surface area contributed by atoms with Crippen molar-refractivity contribution < 1.29 is 23.0 Å². The molecule has 14 heavy (non-hydrogen) atoms. The van der Waals surface area contributed by atoms with Crippen LogP contribution in [0, 0.1) is 0 Å². The predicted molar refractivity (Wildman–Crippen MR) is 40.5 cm³/mol. The first-order valence-electron chi connectivity index (χ1n) is 3.56. The summed E-state index contributed by atoms with van der Waals surface area (Å²) < 4.78 is 38.8. The molecule has 0 saturated carbocycles. The van der Waals surface area contributed by atoms with Crippen LogP contribution < -0.4 is 10.5 Å². The van der Waals surface area contributed by atoms with Crippen molar-refractivity contribution in [1.82, 2.24) is 4.98 Å². The molecule has 1 aromatic rings. The fourth-order valence-corrected chi connectivity index (χ4v) is 0.788. The average Bonchev–Trinajstić information content (AvgIpc) is 2.06. The van der Waals surface area contributed by atoms with E-state index in [2.05, 4.69) is 9.72 Å². The van der Waals surface area contributed by atoms with Crippen molar-refractivity contribution in [3.05, 3.63) is 18.0 Å². The van der Waals surface area contributed by atoms with Gasteiger partial charge in [-0.15, -0.1) is 13.2 Å². The summed E-state index contributed by atoms with van der Waals surface area (Å²) in [6.07, 6.45) is -3.99. The highest BCUT2D eigenvalue weighted by Gasteiger charge is 2.32. The highest BCUT2D eigenvalue weighted by atomic mass is 19.4. The summed E-state index contributed by atoms with van der Waals surface area (Å²) >= 11 is 0. The van der Waals surface area contributed by atoms with Crippen LogP contribution in [-0.4, -0.2) is 16.5 Å². The van der Waals surface area contributed by atoms with E-state index in [1.165, 1.54) is 0 Å². The molecule has 0 aliphatic rings. The lowest BCUT2D eigenvalue weighted by Crippen LogP contribution is -2.17. The number of alkyl halides is 3. The topological polar surface area (TPSA) is 68.4 Å². The monoisotopic (exact) mass is 208 g/mol. The number of rotatable bonds is 2. The minimum absolute atomic E-state index is 0.0332. The van der Waals surface area contributed by atoms with Crippen LogP contribution in [0.2, 0.25) is 0 Å². The van der Waals surface area contributed by atoms with Crippen LogP contribution in [0.15, 0.2) is 12.3 Å². The summed E-state index contributed by atoms with van der Waals surface area (Å²) in [6, 6.07) is 0.933. The number of nitrogens with zero attached hydrogens (tertiary/aromatic N) is 1. The number of aromatic nitrogens is 1. The summed E-state index contributed by atoms with van der Waals surface area (Å²) in [5.74, 6) is -1.38. The van der Waals surface area contributed by atoms with Gasteiger partial charge >= 0.3 is 6.36 Å². The third-order valence-corrected chi connectivity index (χ3v) is 1.34. The molecule has 0 bridgehead atoms. The number of hydrogen-bond acceptors (Lipinski definition) is 4. The molecule has 1 aromatic heterocycles. The molecule has 0 saturated heterocycles. The van der Waals surface area contributed by atoms with E-state index < -0.39 is 17.9 Å². The van der Waals surface area contributed by atoms with Crippen LogP contribution in [0.4, 0.5) is 13.2 Å². The van der Waals surface area contributed by atoms with Gasteiger partial charge in [0.1, 0.15) is 0 Å². The second kappa shape index (κ2) is 3.70. The lowest BCUT2D eigenvalue weighted by molar-refractivity contribution is -0.275. The Kier molecular flexibility index (Phi) is 2.80. The van der Waals surface area contributed by atoms with Crippen molar-refractivity contribution >= 4 is 0 Å². The van der Waals surface area contributed by atoms with E-state index in [-0.39, 0.29) is 12.2 Å². The minimum atomic E-state index is -4.84. The van der Waals surface area contributed by atoms with E-state index in [9.17, 15) is 13.2 Å². The van der Waals surface area contributed by atoms with Crippen molar-refractivity contribution in [2.45, 2.75) is 12.9 Å². The molecule has 0 amide bonds. The number of ether oxygens (including phenoxy) is 1. The maximum Gasteiger partial charge on any atom is 0.573 e. The van der Waals surface area contributed by atoms with Gasteiger partial charge in [0.2, 0.25) is 0 Å². The fourth-order valence-electron chi connectivity index (χ4n) is 0.788. The third kappa shape index (κ3) is 2.77. The van der Waals surface area contributed by atoms with Gasteiger partial charge < -0.3 is 15.6 Å². The van der Waals surface area contributed by atoms with Crippen molar-refractivity contribution in [3.8, 4) is 11.5 Å². The van der Waals surface area contributed by atoms with Gasteiger partial charge in [0.05, 0.1) is 11.9 Å². The first-order chi connectivity index (χ1) is 6.42. The van der Waals surface area contributed by atoms with Crippen LogP contribution in [0.1, 0.15) is 5.69 Å². The van der Waals surface area contributed by atoms with Crippen LogP contribution in [0.5, 0.6) is 11.5 Å². The number of halogens is 3. The minimum Gasteiger partial charge on any atom is -0.503 e. The van der Waals surface area contributed by atoms with Gasteiger partial charge in [-0.2, -0.15) is 0 Å². The normalized spacial score (nSPS) is 11.4. The number of pyridine rings is 1. The zero-order valence-electron chi connectivity index (χ0n) is 6.88. The van der Waals surface area contributed by atoms with Crippen molar-refractivity contribution in [3.63, 3.8) is 0 Å². The summed E-state index contributed by atoms with van der Waals surface area (Å²) in [4.78, 5) is 3.57. The molecule has 7 heteroatoms. The fraction of sp³-hybridized carbons (Fsp3) is 0.286.